The molecular weight excluding hydrogens is 299 g/mol. The smallest absolute Gasteiger partial charge is 0.451 e. The second-order valence-electron chi connectivity index (χ2n) is 7.15. The van der Waals surface area contributed by atoms with Gasteiger partial charge in [0.1, 0.15) is 11.6 Å². The van der Waals surface area contributed by atoms with E-state index >= 15 is 0 Å². The number of esters is 1. The first-order valence-corrected chi connectivity index (χ1v) is 7.93. The zero-order chi connectivity index (χ0) is 18.2. The number of hydrogen-bond acceptors (Lipinski definition) is 6. The molecule has 0 unspecified atom stereocenters. The van der Waals surface area contributed by atoms with Crippen molar-refractivity contribution in [3.05, 3.63) is 0 Å². The van der Waals surface area contributed by atoms with Gasteiger partial charge in [0, 0.05) is 19.4 Å². The number of carbonyl (C=O) groups excluding carboxylic acids is 2. The Morgan fingerprint density at radius 2 is 1.83 bits per heavy atom. The van der Waals surface area contributed by atoms with Crippen LogP contribution in [-0.4, -0.2) is 66.2 Å². The monoisotopic (exact) mass is 330 g/mol. The molecule has 0 bridgehead atoms. The quantitative estimate of drug-likeness (QED) is 0.414. The number of amides is 1. The Hall–Kier alpha value is -1.12. The third-order valence-electron chi connectivity index (χ3n) is 3.13. The maximum Gasteiger partial charge on any atom is 0.451 e. The maximum absolute atomic E-state index is 12.5. The lowest BCUT2D eigenvalue weighted by molar-refractivity contribution is -0.160. The van der Waals surface area contributed by atoms with Crippen LogP contribution in [0.2, 0.25) is 6.32 Å². The summed E-state index contributed by atoms with van der Waals surface area (Å²) < 4.78 is 5.42. The Kier molecular flexibility index (Phi) is 9.42. The highest BCUT2D eigenvalue weighted by Gasteiger charge is 2.33. The lowest BCUT2D eigenvalue weighted by atomic mass is 9.81. The van der Waals surface area contributed by atoms with Gasteiger partial charge in [-0.1, -0.05) is 6.42 Å². The maximum atomic E-state index is 12.5. The van der Waals surface area contributed by atoms with Gasteiger partial charge in [-0.15, -0.1) is 0 Å². The van der Waals surface area contributed by atoms with E-state index in [4.69, 9.17) is 14.8 Å². The largest absolute Gasteiger partial charge is 0.458 e. The van der Waals surface area contributed by atoms with E-state index in [1.807, 2.05) is 19.0 Å². The molecule has 0 rings (SSSR count). The van der Waals surface area contributed by atoms with Crippen molar-refractivity contribution in [2.45, 2.75) is 58.5 Å². The van der Waals surface area contributed by atoms with Crippen molar-refractivity contribution in [2.24, 2.45) is 5.92 Å². The SMILES string of the molecule is CC(=O)N[C@H](C(=O)OC(C)(C)C)[C@H](CCCB(O)O)CN(C)C. The summed E-state index contributed by atoms with van der Waals surface area (Å²) in [6.45, 7) is 7.27. The van der Waals surface area contributed by atoms with Gasteiger partial charge < -0.3 is 25.0 Å². The number of nitrogens with one attached hydrogen (secondary N) is 1. The lowest BCUT2D eigenvalue weighted by Crippen LogP contribution is -2.50. The average Bonchev–Trinajstić information content (AvgIpc) is 2.31. The number of carbonyl (C=O) groups is 2. The van der Waals surface area contributed by atoms with Crippen molar-refractivity contribution in [3.63, 3.8) is 0 Å². The summed E-state index contributed by atoms with van der Waals surface area (Å²) in [5.41, 5.74) is -0.641. The molecule has 7 nitrogen and oxygen atoms in total. The summed E-state index contributed by atoms with van der Waals surface area (Å²) >= 11 is 0. The van der Waals surface area contributed by atoms with Crippen LogP contribution >= 0.6 is 0 Å². The van der Waals surface area contributed by atoms with Crippen molar-refractivity contribution in [1.29, 1.82) is 0 Å². The van der Waals surface area contributed by atoms with Crippen LogP contribution in [0.15, 0.2) is 0 Å². The summed E-state index contributed by atoms with van der Waals surface area (Å²) in [4.78, 5) is 25.9. The first kappa shape index (κ1) is 21.9. The fourth-order valence-electron chi connectivity index (χ4n) is 2.35. The van der Waals surface area contributed by atoms with Gasteiger partial charge in [0.25, 0.3) is 0 Å². The lowest BCUT2D eigenvalue weighted by Gasteiger charge is -2.31. The molecule has 0 aliphatic heterocycles. The highest BCUT2D eigenvalue weighted by atomic mass is 16.6. The van der Waals surface area contributed by atoms with Gasteiger partial charge in [0.2, 0.25) is 5.91 Å². The van der Waals surface area contributed by atoms with Crippen LogP contribution in [0.1, 0.15) is 40.5 Å². The van der Waals surface area contributed by atoms with Gasteiger partial charge in [0.05, 0.1) is 0 Å². The topological polar surface area (TPSA) is 99.1 Å². The van der Waals surface area contributed by atoms with Crippen LogP contribution in [0.25, 0.3) is 0 Å². The molecule has 3 N–H and O–H groups in total. The summed E-state index contributed by atoms with van der Waals surface area (Å²) in [6, 6.07) is -0.759. The molecule has 23 heavy (non-hydrogen) atoms. The van der Waals surface area contributed by atoms with E-state index in [9.17, 15) is 9.59 Å². The summed E-state index contributed by atoms with van der Waals surface area (Å²) in [5.74, 6) is -0.946. The first-order chi connectivity index (χ1) is 10.4. The normalized spacial score (nSPS) is 14.3. The van der Waals surface area contributed by atoms with E-state index in [1.165, 1.54) is 6.92 Å². The minimum Gasteiger partial charge on any atom is -0.458 e. The molecule has 0 spiro atoms. The predicted molar refractivity (Wildman–Crippen MR) is 89.7 cm³/mol. The van der Waals surface area contributed by atoms with Crippen LogP contribution in [0, 0.1) is 5.92 Å². The molecular formula is C15H31BN2O5. The standard InChI is InChI=1S/C15H31BN2O5/c1-11(19)17-13(14(20)23-15(2,3)4)12(10-18(5)6)8-7-9-16(21)22/h12-13,21-22H,7-10H2,1-6H3,(H,17,19)/t12-,13+/m1/s1. The Bertz CT molecular complexity index is 383. The van der Waals surface area contributed by atoms with Crippen molar-refractivity contribution in [1.82, 2.24) is 10.2 Å². The third-order valence-corrected chi connectivity index (χ3v) is 3.13. The molecule has 0 saturated heterocycles. The molecule has 0 aromatic rings. The van der Waals surface area contributed by atoms with E-state index in [0.717, 1.165) is 0 Å². The first-order valence-electron chi connectivity index (χ1n) is 7.93. The van der Waals surface area contributed by atoms with E-state index in [0.29, 0.717) is 19.4 Å². The van der Waals surface area contributed by atoms with E-state index in [-0.39, 0.29) is 18.1 Å². The Morgan fingerprint density at radius 1 is 1.26 bits per heavy atom. The third kappa shape index (κ3) is 11.1. The van der Waals surface area contributed by atoms with Crippen molar-refractivity contribution < 1.29 is 24.4 Å². The number of hydrogen-bond donors (Lipinski definition) is 3. The van der Waals surface area contributed by atoms with E-state index in [2.05, 4.69) is 5.32 Å². The molecule has 0 aromatic heterocycles. The Labute approximate surface area is 139 Å². The van der Waals surface area contributed by atoms with Crippen LogP contribution in [0.3, 0.4) is 0 Å². The van der Waals surface area contributed by atoms with E-state index in [1.54, 1.807) is 20.8 Å². The molecule has 0 heterocycles. The highest BCUT2D eigenvalue weighted by Crippen LogP contribution is 2.19. The fourth-order valence-corrected chi connectivity index (χ4v) is 2.35. The summed E-state index contributed by atoms with van der Waals surface area (Å²) in [7, 11) is 2.40. The molecule has 2 atom stereocenters. The summed E-state index contributed by atoms with van der Waals surface area (Å²) in [5, 5.41) is 20.6. The Balaban J connectivity index is 5.11. The zero-order valence-corrected chi connectivity index (χ0v) is 15.1. The van der Waals surface area contributed by atoms with Gasteiger partial charge in [0.15, 0.2) is 0 Å². The highest BCUT2D eigenvalue weighted by molar-refractivity contribution is 6.40. The predicted octanol–water partition coefficient (Wildman–Crippen LogP) is 0.264. The van der Waals surface area contributed by atoms with Crippen LogP contribution in [-0.2, 0) is 14.3 Å². The molecule has 0 aliphatic rings. The molecule has 0 fully saturated rings. The van der Waals surface area contributed by atoms with Crippen LogP contribution in [0.5, 0.6) is 0 Å². The Morgan fingerprint density at radius 3 is 2.22 bits per heavy atom. The number of rotatable bonds is 9. The zero-order valence-electron chi connectivity index (χ0n) is 15.1. The van der Waals surface area contributed by atoms with Gasteiger partial charge in [-0.2, -0.15) is 0 Å². The van der Waals surface area contributed by atoms with E-state index < -0.39 is 24.7 Å². The van der Waals surface area contributed by atoms with Gasteiger partial charge in [-0.3, -0.25) is 4.79 Å². The summed E-state index contributed by atoms with van der Waals surface area (Å²) in [6.07, 6.45) is 1.33. The molecule has 0 aromatic carbocycles. The van der Waals surface area contributed by atoms with Crippen LogP contribution < -0.4 is 5.32 Å². The molecule has 0 aliphatic carbocycles. The second-order valence-corrected chi connectivity index (χ2v) is 7.15. The number of nitrogens with zero attached hydrogens (tertiary/aromatic N) is 1. The number of ether oxygens (including phenoxy) is 1. The molecule has 1 amide bonds. The van der Waals surface area contributed by atoms with Crippen molar-refractivity contribution in [2.75, 3.05) is 20.6 Å². The van der Waals surface area contributed by atoms with Crippen molar-refractivity contribution >= 4 is 19.0 Å². The average molecular weight is 330 g/mol. The molecule has 0 saturated carbocycles. The fraction of sp³-hybridized carbons (Fsp3) is 0.867. The molecule has 134 valence electrons. The van der Waals surface area contributed by atoms with Crippen LogP contribution in [0.4, 0.5) is 0 Å². The minimum atomic E-state index is -1.37. The molecule has 8 heteroatoms. The van der Waals surface area contributed by atoms with Gasteiger partial charge >= 0.3 is 13.1 Å². The van der Waals surface area contributed by atoms with Crippen molar-refractivity contribution in [3.8, 4) is 0 Å². The van der Waals surface area contributed by atoms with Gasteiger partial charge in [-0.05, 0) is 47.6 Å². The second kappa shape index (κ2) is 9.90. The molecule has 0 radical (unpaired) electrons. The minimum absolute atomic E-state index is 0.178. The van der Waals surface area contributed by atoms with Gasteiger partial charge in [-0.25, -0.2) is 4.79 Å².